The number of carbonyl (C=O) groups is 5. The molecule has 12 nitrogen and oxygen atoms in total. The average Bonchev–Trinajstić information content (AvgIpc) is 2.89. The van der Waals surface area contributed by atoms with Crippen LogP contribution in [0.25, 0.3) is 0 Å². The van der Waals surface area contributed by atoms with Gasteiger partial charge in [-0.2, -0.15) is 0 Å². The molecule has 0 radical (unpaired) electrons. The summed E-state index contributed by atoms with van der Waals surface area (Å²) in [7, 11) is 0. The number of carbonyl (C=O) groups excluding carboxylic acids is 5. The number of aliphatic hydroxyl groups excluding tert-OH is 1. The van der Waals surface area contributed by atoms with Crippen LogP contribution in [0, 0.1) is 0 Å². The SMILES string of the molecule is CC(C)(C)NC(=O)CNC(=O)C(O)C(Cc1ccccc1)NC(=O)C(CC(N)=O)NC(=O)OCc1ccccc1. The molecule has 0 aliphatic heterocycles. The van der Waals surface area contributed by atoms with Crippen molar-refractivity contribution in [3.05, 3.63) is 71.8 Å². The Morgan fingerprint density at radius 1 is 0.875 bits per heavy atom. The summed E-state index contributed by atoms with van der Waals surface area (Å²) >= 11 is 0. The average molecular weight is 556 g/mol. The van der Waals surface area contributed by atoms with Crippen molar-refractivity contribution in [2.24, 2.45) is 5.73 Å². The zero-order valence-corrected chi connectivity index (χ0v) is 22.8. The third-order valence-electron chi connectivity index (χ3n) is 5.44. The highest BCUT2D eigenvalue weighted by Gasteiger charge is 2.32. The predicted octanol–water partition coefficient (Wildman–Crippen LogP) is 0.276. The lowest BCUT2D eigenvalue weighted by Crippen LogP contribution is -2.57. The topological polar surface area (TPSA) is 189 Å². The maximum Gasteiger partial charge on any atom is 0.408 e. The van der Waals surface area contributed by atoms with E-state index in [0.717, 1.165) is 0 Å². The van der Waals surface area contributed by atoms with E-state index in [1.807, 2.05) is 0 Å². The van der Waals surface area contributed by atoms with Crippen molar-refractivity contribution in [1.29, 1.82) is 0 Å². The van der Waals surface area contributed by atoms with Crippen LogP contribution in [0.4, 0.5) is 4.79 Å². The van der Waals surface area contributed by atoms with Crippen LogP contribution in [-0.2, 0) is 36.9 Å². The van der Waals surface area contributed by atoms with Crippen LogP contribution >= 0.6 is 0 Å². The van der Waals surface area contributed by atoms with E-state index >= 15 is 0 Å². The molecule has 0 fully saturated rings. The highest BCUT2D eigenvalue weighted by Crippen LogP contribution is 2.09. The molecule has 0 aromatic heterocycles. The summed E-state index contributed by atoms with van der Waals surface area (Å²) < 4.78 is 5.13. The largest absolute Gasteiger partial charge is 0.445 e. The number of nitrogens with two attached hydrogens (primary N) is 1. The summed E-state index contributed by atoms with van der Waals surface area (Å²) in [6, 6.07) is 15.0. The van der Waals surface area contributed by atoms with E-state index in [0.29, 0.717) is 11.1 Å². The van der Waals surface area contributed by atoms with Crippen molar-refractivity contribution in [2.75, 3.05) is 6.54 Å². The fraction of sp³-hybridized carbons (Fsp3) is 0.393. The summed E-state index contributed by atoms with van der Waals surface area (Å²) in [5, 5.41) is 20.7. The van der Waals surface area contributed by atoms with Crippen LogP contribution in [0.3, 0.4) is 0 Å². The molecule has 5 amide bonds. The minimum Gasteiger partial charge on any atom is -0.445 e. The van der Waals surface area contributed by atoms with Crippen molar-refractivity contribution in [1.82, 2.24) is 21.3 Å². The van der Waals surface area contributed by atoms with Gasteiger partial charge in [-0.1, -0.05) is 60.7 Å². The molecule has 0 bridgehead atoms. The van der Waals surface area contributed by atoms with Crippen molar-refractivity contribution in [3.8, 4) is 0 Å². The van der Waals surface area contributed by atoms with Gasteiger partial charge in [-0.25, -0.2) is 4.79 Å². The molecule has 7 N–H and O–H groups in total. The molecule has 0 spiro atoms. The van der Waals surface area contributed by atoms with Gasteiger partial charge >= 0.3 is 6.09 Å². The Kier molecular flexibility index (Phi) is 12.1. The Balaban J connectivity index is 2.11. The normalized spacial score (nSPS) is 13.2. The number of rotatable bonds is 13. The lowest BCUT2D eigenvalue weighted by atomic mass is 9.99. The molecule has 2 aromatic carbocycles. The van der Waals surface area contributed by atoms with Gasteiger partial charge in [-0.3, -0.25) is 19.2 Å². The van der Waals surface area contributed by atoms with Crippen LogP contribution < -0.4 is 27.0 Å². The fourth-order valence-corrected chi connectivity index (χ4v) is 3.63. The number of hydrogen-bond acceptors (Lipinski definition) is 7. The number of ether oxygens (including phenoxy) is 1. The number of amides is 5. The quantitative estimate of drug-likeness (QED) is 0.205. The van der Waals surface area contributed by atoms with Gasteiger partial charge in [0.25, 0.3) is 5.91 Å². The van der Waals surface area contributed by atoms with Crippen molar-refractivity contribution in [2.45, 2.75) is 63.9 Å². The van der Waals surface area contributed by atoms with Crippen molar-refractivity contribution >= 4 is 29.7 Å². The number of primary amides is 1. The predicted molar refractivity (Wildman–Crippen MR) is 146 cm³/mol. The number of hydrogen-bond donors (Lipinski definition) is 6. The van der Waals surface area contributed by atoms with Gasteiger partial charge in [-0.05, 0) is 38.3 Å². The molecule has 0 saturated carbocycles. The zero-order chi connectivity index (χ0) is 29.7. The summed E-state index contributed by atoms with van der Waals surface area (Å²) in [5.74, 6) is -3.09. The second-order valence-corrected chi connectivity index (χ2v) is 10.2. The molecule has 216 valence electrons. The van der Waals surface area contributed by atoms with Gasteiger partial charge in [0.1, 0.15) is 12.6 Å². The van der Waals surface area contributed by atoms with Gasteiger partial charge in [-0.15, -0.1) is 0 Å². The fourth-order valence-electron chi connectivity index (χ4n) is 3.63. The maximum absolute atomic E-state index is 13.1. The van der Waals surface area contributed by atoms with E-state index in [9.17, 15) is 29.1 Å². The Bertz CT molecular complexity index is 1150. The molecule has 3 atom stereocenters. The molecule has 2 rings (SSSR count). The van der Waals surface area contributed by atoms with Crippen molar-refractivity contribution < 1.29 is 33.8 Å². The van der Waals surface area contributed by atoms with Crippen LogP contribution in [0.5, 0.6) is 0 Å². The molecule has 0 heterocycles. The molecule has 3 unspecified atom stereocenters. The summed E-state index contributed by atoms with van der Waals surface area (Å²) in [4.78, 5) is 62.0. The molecule has 12 heteroatoms. The second-order valence-electron chi connectivity index (χ2n) is 10.2. The van der Waals surface area contributed by atoms with Crippen molar-refractivity contribution in [3.63, 3.8) is 0 Å². The van der Waals surface area contributed by atoms with E-state index in [-0.39, 0.29) is 13.0 Å². The molecular weight excluding hydrogens is 518 g/mol. The van der Waals surface area contributed by atoms with E-state index in [2.05, 4.69) is 21.3 Å². The van der Waals surface area contributed by atoms with E-state index in [1.54, 1.807) is 81.4 Å². The minimum absolute atomic E-state index is 0.0249. The first-order valence-electron chi connectivity index (χ1n) is 12.7. The van der Waals surface area contributed by atoms with E-state index in [1.165, 1.54) is 0 Å². The maximum atomic E-state index is 13.1. The number of alkyl carbamates (subject to hydrolysis) is 1. The molecule has 0 aliphatic rings. The zero-order valence-electron chi connectivity index (χ0n) is 22.8. The smallest absolute Gasteiger partial charge is 0.408 e. The lowest BCUT2D eigenvalue weighted by molar-refractivity contribution is -0.135. The minimum atomic E-state index is -1.77. The highest BCUT2D eigenvalue weighted by atomic mass is 16.5. The van der Waals surface area contributed by atoms with E-state index in [4.69, 9.17) is 10.5 Å². The van der Waals surface area contributed by atoms with E-state index < -0.39 is 66.4 Å². The number of benzene rings is 2. The van der Waals surface area contributed by atoms with Gasteiger partial charge in [0.2, 0.25) is 17.7 Å². The standard InChI is InChI=1S/C28H37N5O7/c1-28(2,3)33-23(35)16-30-26(38)24(36)20(14-18-10-6-4-7-11-18)31-25(37)21(15-22(29)34)32-27(39)40-17-19-12-8-5-9-13-19/h4-13,20-21,24,36H,14-17H2,1-3H3,(H2,29,34)(H,30,38)(H,31,37)(H,32,39)(H,33,35). The van der Waals surface area contributed by atoms with Gasteiger partial charge in [0.15, 0.2) is 6.10 Å². The first-order chi connectivity index (χ1) is 18.8. The monoisotopic (exact) mass is 555 g/mol. The summed E-state index contributed by atoms with van der Waals surface area (Å²) in [6.07, 6.45) is -3.27. The summed E-state index contributed by atoms with van der Waals surface area (Å²) in [6.45, 7) is 4.87. The summed E-state index contributed by atoms with van der Waals surface area (Å²) in [5.41, 5.74) is 6.16. The van der Waals surface area contributed by atoms with Crippen LogP contribution in [0.15, 0.2) is 60.7 Å². The van der Waals surface area contributed by atoms with Gasteiger partial charge in [0, 0.05) is 5.54 Å². The van der Waals surface area contributed by atoms with Crippen LogP contribution in [-0.4, -0.2) is 65.1 Å². The molecule has 2 aromatic rings. The van der Waals surface area contributed by atoms with Gasteiger partial charge < -0.3 is 36.8 Å². The first kappa shape index (κ1) is 31.8. The molecule has 0 aliphatic carbocycles. The lowest BCUT2D eigenvalue weighted by Gasteiger charge is -2.26. The Labute approximate surface area is 233 Å². The Hall–Kier alpha value is -4.45. The number of nitrogens with one attached hydrogen (secondary N) is 4. The Morgan fingerprint density at radius 3 is 2.00 bits per heavy atom. The molecule has 0 saturated heterocycles. The van der Waals surface area contributed by atoms with Crippen LogP contribution in [0.2, 0.25) is 0 Å². The number of aliphatic hydroxyl groups is 1. The highest BCUT2D eigenvalue weighted by molar-refractivity contribution is 5.92. The first-order valence-corrected chi connectivity index (χ1v) is 12.7. The van der Waals surface area contributed by atoms with Gasteiger partial charge in [0.05, 0.1) is 19.0 Å². The van der Waals surface area contributed by atoms with Crippen LogP contribution in [0.1, 0.15) is 38.3 Å². The third-order valence-corrected chi connectivity index (χ3v) is 5.44. The Morgan fingerprint density at radius 2 is 1.45 bits per heavy atom. The second kappa shape index (κ2) is 15.2. The molecular formula is C28H37N5O7. The third kappa shape index (κ3) is 11.9. The molecule has 40 heavy (non-hydrogen) atoms.